The summed E-state index contributed by atoms with van der Waals surface area (Å²) >= 11 is 0. The van der Waals surface area contributed by atoms with Crippen molar-refractivity contribution in [1.29, 1.82) is 0 Å². The summed E-state index contributed by atoms with van der Waals surface area (Å²) in [5.74, 6) is -0.971. The summed E-state index contributed by atoms with van der Waals surface area (Å²) in [6, 6.07) is -0.879. The summed E-state index contributed by atoms with van der Waals surface area (Å²) < 4.78 is 5.19. The number of hydrogen-bond acceptors (Lipinski definition) is 3. The number of carbonyl (C=O) groups is 1. The van der Waals surface area contributed by atoms with Crippen molar-refractivity contribution in [3.05, 3.63) is 11.8 Å². The first kappa shape index (κ1) is 11.0. The summed E-state index contributed by atoms with van der Waals surface area (Å²) in [6.07, 6.45) is 3.46. The molecule has 0 saturated heterocycles. The molecular weight excluding hydrogens is 182 g/mol. The highest BCUT2D eigenvalue weighted by molar-refractivity contribution is 5.75. The van der Waals surface area contributed by atoms with Crippen LogP contribution < -0.4 is 5.73 Å². The fraction of sp³-hybridized carbons (Fsp3) is 0.700. The van der Waals surface area contributed by atoms with Gasteiger partial charge in [-0.15, -0.1) is 0 Å². The van der Waals surface area contributed by atoms with E-state index in [1.54, 1.807) is 6.26 Å². The highest BCUT2D eigenvalue weighted by atomic mass is 16.5. The molecule has 0 aromatic carbocycles. The SMILES string of the molecule is CC(C)(C1=COCCC1)C(N)C(=O)O. The maximum Gasteiger partial charge on any atom is 0.321 e. The summed E-state index contributed by atoms with van der Waals surface area (Å²) in [4.78, 5) is 10.8. The Morgan fingerprint density at radius 3 is 2.79 bits per heavy atom. The molecule has 0 fully saturated rings. The van der Waals surface area contributed by atoms with Crippen molar-refractivity contribution < 1.29 is 14.6 Å². The van der Waals surface area contributed by atoms with Gasteiger partial charge < -0.3 is 15.6 Å². The van der Waals surface area contributed by atoms with Gasteiger partial charge in [0.15, 0.2) is 0 Å². The average Bonchev–Trinajstić information content (AvgIpc) is 2.18. The molecule has 1 aliphatic heterocycles. The van der Waals surface area contributed by atoms with Crippen LogP contribution in [-0.4, -0.2) is 23.7 Å². The van der Waals surface area contributed by atoms with E-state index >= 15 is 0 Å². The van der Waals surface area contributed by atoms with E-state index in [0.29, 0.717) is 6.61 Å². The lowest BCUT2D eigenvalue weighted by atomic mass is 9.76. The van der Waals surface area contributed by atoms with Crippen molar-refractivity contribution in [2.45, 2.75) is 32.7 Å². The highest BCUT2D eigenvalue weighted by Gasteiger charge is 2.36. The van der Waals surface area contributed by atoms with Gasteiger partial charge in [-0.1, -0.05) is 13.8 Å². The smallest absolute Gasteiger partial charge is 0.321 e. The van der Waals surface area contributed by atoms with Crippen molar-refractivity contribution in [2.24, 2.45) is 11.1 Å². The Balaban J connectivity index is 2.82. The van der Waals surface area contributed by atoms with Crippen LogP contribution in [0.15, 0.2) is 11.8 Å². The van der Waals surface area contributed by atoms with E-state index in [2.05, 4.69) is 0 Å². The largest absolute Gasteiger partial charge is 0.501 e. The van der Waals surface area contributed by atoms with Crippen molar-refractivity contribution >= 4 is 5.97 Å². The Labute approximate surface area is 83.7 Å². The van der Waals surface area contributed by atoms with Crippen molar-refractivity contribution in [1.82, 2.24) is 0 Å². The Hall–Kier alpha value is -1.03. The van der Waals surface area contributed by atoms with Gasteiger partial charge in [-0.2, -0.15) is 0 Å². The van der Waals surface area contributed by atoms with E-state index in [1.807, 2.05) is 13.8 Å². The molecule has 4 heteroatoms. The maximum atomic E-state index is 10.8. The van der Waals surface area contributed by atoms with Gasteiger partial charge in [0.2, 0.25) is 0 Å². The van der Waals surface area contributed by atoms with Crippen LogP contribution in [0.4, 0.5) is 0 Å². The molecule has 0 amide bonds. The minimum Gasteiger partial charge on any atom is -0.501 e. The molecule has 0 bridgehead atoms. The monoisotopic (exact) mass is 199 g/mol. The third-order valence-corrected chi connectivity index (χ3v) is 2.81. The van der Waals surface area contributed by atoms with Crippen molar-refractivity contribution in [2.75, 3.05) is 6.61 Å². The minimum absolute atomic E-state index is 0.535. The fourth-order valence-electron chi connectivity index (χ4n) is 1.55. The Morgan fingerprint density at radius 2 is 2.36 bits per heavy atom. The molecular formula is C10H17NO3. The van der Waals surface area contributed by atoms with E-state index in [1.165, 1.54) is 0 Å². The van der Waals surface area contributed by atoms with Gasteiger partial charge in [0, 0.05) is 5.41 Å². The van der Waals surface area contributed by atoms with Crippen LogP contribution in [0.2, 0.25) is 0 Å². The molecule has 4 nitrogen and oxygen atoms in total. The molecule has 1 aliphatic rings. The van der Waals surface area contributed by atoms with E-state index in [-0.39, 0.29) is 0 Å². The molecule has 1 heterocycles. The molecule has 14 heavy (non-hydrogen) atoms. The normalized spacial score (nSPS) is 19.5. The Morgan fingerprint density at radius 1 is 1.71 bits per heavy atom. The first-order valence-corrected chi connectivity index (χ1v) is 4.76. The predicted molar refractivity (Wildman–Crippen MR) is 52.7 cm³/mol. The zero-order chi connectivity index (χ0) is 10.8. The number of ether oxygens (including phenoxy) is 1. The van der Waals surface area contributed by atoms with Gasteiger partial charge in [-0.3, -0.25) is 4.79 Å². The average molecular weight is 199 g/mol. The maximum absolute atomic E-state index is 10.8. The van der Waals surface area contributed by atoms with Gasteiger partial charge >= 0.3 is 5.97 Å². The molecule has 0 saturated carbocycles. The summed E-state index contributed by atoms with van der Waals surface area (Å²) in [5, 5.41) is 8.86. The number of hydrogen-bond donors (Lipinski definition) is 2. The Kier molecular flexibility index (Phi) is 3.16. The molecule has 0 radical (unpaired) electrons. The zero-order valence-corrected chi connectivity index (χ0v) is 8.62. The molecule has 0 aromatic rings. The number of nitrogens with two attached hydrogens (primary N) is 1. The van der Waals surface area contributed by atoms with Crippen LogP contribution >= 0.6 is 0 Å². The number of aliphatic carboxylic acids is 1. The van der Waals surface area contributed by atoms with Crippen LogP contribution in [0.25, 0.3) is 0 Å². The van der Waals surface area contributed by atoms with E-state index in [0.717, 1.165) is 18.4 Å². The number of carboxylic acid groups (broad SMARTS) is 1. The summed E-state index contributed by atoms with van der Waals surface area (Å²) in [7, 11) is 0. The second-order valence-corrected chi connectivity index (χ2v) is 4.16. The standard InChI is InChI=1S/C10H17NO3/c1-10(2,8(11)9(12)13)7-4-3-5-14-6-7/h6,8H,3-5,11H2,1-2H3,(H,12,13). The number of carboxylic acids is 1. The van der Waals surface area contributed by atoms with Crippen LogP contribution in [-0.2, 0) is 9.53 Å². The second kappa shape index (κ2) is 4.00. The lowest BCUT2D eigenvalue weighted by molar-refractivity contribution is -0.140. The first-order chi connectivity index (χ1) is 6.46. The van der Waals surface area contributed by atoms with Crippen molar-refractivity contribution in [3.63, 3.8) is 0 Å². The lowest BCUT2D eigenvalue weighted by Gasteiger charge is -2.33. The molecule has 0 aliphatic carbocycles. The quantitative estimate of drug-likeness (QED) is 0.714. The van der Waals surface area contributed by atoms with E-state index < -0.39 is 17.4 Å². The summed E-state index contributed by atoms with van der Waals surface area (Å²) in [6.45, 7) is 4.39. The zero-order valence-electron chi connectivity index (χ0n) is 8.62. The fourth-order valence-corrected chi connectivity index (χ4v) is 1.55. The van der Waals surface area contributed by atoms with Gasteiger partial charge in [0.25, 0.3) is 0 Å². The highest BCUT2D eigenvalue weighted by Crippen LogP contribution is 2.34. The Bertz CT molecular complexity index is 258. The molecule has 1 rings (SSSR count). The topological polar surface area (TPSA) is 72.5 Å². The molecule has 1 unspecified atom stereocenters. The first-order valence-electron chi connectivity index (χ1n) is 4.76. The third kappa shape index (κ3) is 2.07. The number of rotatable bonds is 3. The minimum atomic E-state index is -0.971. The van der Waals surface area contributed by atoms with Crippen LogP contribution in [0.5, 0.6) is 0 Å². The van der Waals surface area contributed by atoms with Gasteiger partial charge in [-0.05, 0) is 18.4 Å². The third-order valence-electron chi connectivity index (χ3n) is 2.81. The van der Waals surface area contributed by atoms with Crippen LogP contribution in [0.1, 0.15) is 26.7 Å². The predicted octanol–water partition coefficient (Wildman–Crippen LogP) is 1.12. The molecule has 0 aromatic heterocycles. The van der Waals surface area contributed by atoms with Crippen LogP contribution in [0.3, 0.4) is 0 Å². The molecule has 1 atom stereocenters. The lowest BCUT2D eigenvalue weighted by Crippen LogP contribution is -2.45. The van der Waals surface area contributed by atoms with E-state index in [9.17, 15) is 4.79 Å². The van der Waals surface area contributed by atoms with Crippen LogP contribution in [0, 0.1) is 5.41 Å². The van der Waals surface area contributed by atoms with Crippen molar-refractivity contribution in [3.8, 4) is 0 Å². The van der Waals surface area contributed by atoms with E-state index in [4.69, 9.17) is 15.6 Å². The van der Waals surface area contributed by atoms with Gasteiger partial charge in [0.05, 0.1) is 12.9 Å². The van der Waals surface area contributed by atoms with Gasteiger partial charge in [-0.25, -0.2) is 0 Å². The molecule has 0 spiro atoms. The second-order valence-electron chi connectivity index (χ2n) is 4.16. The van der Waals surface area contributed by atoms with Gasteiger partial charge in [0.1, 0.15) is 6.04 Å². The summed E-state index contributed by atoms with van der Waals surface area (Å²) in [5.41, 5.74) is 6.08. The molecule has 3 N–H and O–H groups in total. The molecule has 80 valence electrons.